The molecular weight excluding hydrogens is 208 g/mol. The SMILES string of the molecule is CC(CNC1CC1)CSc1ncnn1C. The highest BCUT2D eigenvalue weighted by Gasteiger charge is 2.20. The molecular formula is C10H18N4S. The molecule has 0 aromatic carbocycles. The maximum absolute atomic E-state index is 4.19. The normalized spacial score (nSPS) is 18.0. The van der Waals surface area contributed by atoms with Crippen LogP contribution in [0.4, 0.5) is 0 Å². The largest absolute Gasteiger partial charge is 0.314 e. The first-order valence-corrected chi connectivity index (χ1v) is 6.44. The van der Waals surface area contributed by atoms with E-state index in [-0.39, 0.29) is 0 Å². The third-order valence-corrected chi connectivity index (χ3v) is 3.86. The number of hydrogen-bond acceptors (Lipinski definition) is 4. The lowest BCUT2D eigenvalue weighted by Gasteiger charge is -2.10. The molecule has 5 heteroatoms. The van der Waals surface area contributed by atoms with Gasteiger partial charge >= 0.3 is 0 Å². The fourth-order valence-corrected chi connectivity index (χ4v) is 2.25. The Balaban J connectivity index is 1.65. The van der Waals surface area contributed by atoms with Gasteiger partial charge in [-0.05, 0) is 25.3 Å². The fraction of sp³-hybridized carbons (Fsp3) is 0.800. The molecule has 1 saturated carbocycles. The highest BCUT2D eigenvalue weighted by atomic mass is 32.2. The van der Waals surface area contributed by atoms with E-state index >= 15 is 0 Å². The zero-order valence-electron chi connectivity index (χ0n) is 9.31. The van der Waals surface area contributed by atoms with E-state index in [2.05, 4.69) is 22.3 Å². The minimum atomic E-state index is 0.687. The summed E-state index contributed by atoms with van der Waals surface area (Å²) in [6.45, 7) is 3.40. The van der Waals surface area contributed by atoms with Gasteiger partial charge in [-0.3, -0.25) is 0 Å². The number of aromatic nitrogens is 3. The van der Waals surface area contributed by atoms with Crippen LogP contribution in [0.1, 0.15) is 19.8 Å². The van der Waals surface area contributed by atoms with Gasteiger partial charge in [0, 0.05) is 18.8 Å². The molecule has 15 heavy (non-hydrogen) atoms. The fourth-order valence-electron chi connectivity index (χ4n) is 1.35. The van der Waals surface area contributed by atoms with Gasteiger partial charge < -0.3 is 5.32 Å². The number of rotatable bonds is 6. The van der Waals surface area contributed by atoms with Crippen molar-refractivity contribution < 1.29 is 0 Å². The Morgan fingerprint density at radius 2 is 2.47 bits per heavy atom. The van der Waals surface area contributed by atoms with Crippen molar-refractivity contribution in [2.75, 3.05) is 12.3 Å². The van der Waals surface area contributed by atoms with E-state index < -0.39 is 0 Å². The van der Waals surface area contributed by atoms with Crippen molar-refractivity contribution in [1.82, 2.24) is 20.1 Å². The van der Waals surface area contributed by atoms with Crippen molar-refractivity contribution in [3.8, 4) is 0 Å². The third-order valence-electron chi connectivity index (χ3n) is 2.50. The predicted molar refractivity (Wildman–Crippen MR) is 61.9 cm³/mol. The van der Waals surface area contributed by atoms with Crippen molar-refractivity contribution in [3.05, 3.63) is 6.33 Å². The number of aryl methyl sites for hydroxylation is 1. The Morgan fingerprint density at radius 1 is 1.67 bits per heavy atom. The van der Waals surface area contributed by atoms with Crippen molar-refractivity contribution in [2.24, 2.45) is 13.0 Å². The highest BCUT2D eigenvalue weighted by molar-refractivity contribution is 7.99. The molecule has 1 N–H and O–H groups in total. The summed E-state index contributed by atoms with van der Waals surface area (Å²) >= 11 is 1.78. The zero-order valence-corrected chi connectivity index (χ0v) is 10.1. The van der Waals surface area contributed by atoms with Gasteiger partial charge in [0.1, 0.15) is 6.33 Å². The van der Waals surface area contributed by atoms with Crippen LogP contribution in [0.15, 0.2) is 11.5 Å². The summed E-state index contributed by atoms with van der Waals surface area (Å²) in [5.74, 6) is 1.79. The van der Waals surface area contributed by atoms with Crippen molar-refractivity contribution in [2.45, 2.75) is 31.0 Å². The number of nitrogens with zero attached hydrogens (tertiary/aromatic N) is 3. The molecule has 1 atom stereocenters. The topological polar surface area (TPSA) is 42.7 Å². The van der Waals surface area contributed by atoms with Crippen molar-refractivity contribution in [1.29, 1.82) is 0 Å². The van der Waals surface area contributed by atoms with Gasteiger partial charge in [-0.25, -0.2) is 9.67 Å². The lowest BCUT2D eigenvalue weighted by atomic mass is 10.2. The van der Waals surface area contributed by atoms with E-state index in [1.807, 2.05) is 11.7 Å². The van der Waals surface area contributed by atoms with Crippen LogP contribution in [0.2, 0.25) is 0 Å². The zero-order chi connectivity index (χ0) is 10.7. The molecule has 2 rings (SSSR count). The van der Waals surface area contributed by atoms with Crippen LogP contribution in [-0.4, -0.2) is 33.1 Å². The minimum absolute atomic E-state index is 0.687. The first-order chi connectivity index (χ1) is 7.25. The van der Waals surface area contributed by atoms with Gasteiger partial charge in [0.15, 0.2) is 5.16 Å². The molecule has 1 aliphatic rings. The molecule has 1 heterocycles. The molecule has 1 unspecified atom stereocenters. The van der Waals surface area contributed by atoms with Crippen molar-refractivity contribution >= 4 is 11.8 Å². The maximum Gasteiger partial charge on any atom is 0.185 e. The predicted octanol–water partition coefficient (Wildman–Crippen LogP) is 1.30. The third kappa shape index (κ3) is 3.50. The molecule has 0 spiro atoms. The molecule has 1 aromatic rings. The molecule has 0 amide bonds. The molecule has 0 radical (unpaired) electrons. The Labute approximate surface area is 94.8 Å². The average Bonchev–Trinajstić information content (AvgIpc) is 2.96. The summed E-state index contributed by atoms with van der Waals surface area (Å²) in [5.41, 5.74) is 0. The van der Waals surface area contributed by atoms with Gasteiger partial charge in [-0.15, -0.1) is 0 Å². The minimum Gasteiger partial charge on any atom is -0.314 e. The summed E-state index contributed by atoms with van der Waals surface area (Å²) in [6.07, 6.45) is 4.34. The van der Waals surface area contributed by atoms with Crippen LogP contribution >= 0.6 is 11.8 Å². The molecule has 1 fully saturated rings. The van der Waals surface area contributed by atoms with E-state index in [1.54, 1.807) is 18.1 Å². The van der Waals surface area contributed by atoms with E-state index in [0.29, 0.717) is 5.92 Å². The van der Waals surface area contributed by atoms with Crippen LogP contribution in [0.3, 0.4) is 0 Å². The first-order valence-electron chi connectivity index (χ1n) is 5.46. The molecule has 0 saturated heterocycles. The quantitative estimate of drug-likeness (QED) is 0.742. The van der Waals surface area contributed by atoms with Crippen LogP contribution < -0.4 is 5.32 Å². The number of hydrogen-bond donors (Lipinski definition) is 1. The van der Waals surface area contributed by atoms with Crippen LogP contribution in [-0.2, 0) is 7.05 Å². The molecule has 0 aliphatic heterocycles. The van der Waals surface area contributed by atoms with E-state index in [1.165, 1.54) is 12.8 Å². The monoisotopic (exact) mass is 226 g/mol. The standard InChI is InChI=1S/C10H18N4S/c1-8(5-11-9-3-4-9)6-15-10-12-7-13-14(10)2/h7-9,11H,3-6H2,1-2H3. The second kappa shape index (κ2) is 4.99. The second-order valence-electron chi connectivity index (χ2n) is 4.26. The lowest BCUT2D eigenvalue weighted by Crippen LogP contribution is -2.24. The molecule has 84 valence electrons. The Hall–Kier alpha value is -0.550. The number of thioether (sulfide) groups is 1. The van der Waals surface area contributed by atoms with Gasteiger partial charge in [0.2, 0.25) is 0 Å². The van der Waals surface area contributed by atoms with Gasteiger partial charge in [-0.2, -0.15) is 5.10 Å². The van der Waals surface area contributed by atoms with Crippen LogP contribution in [0, 0.1) is 5.92 Å². The average molecular weight is 226 g/mol. The lowest BCUT2D eigenvalue weighted by molar-refractivity contribution is 0.555. The Bertz CT molecular complexity index is 308. The van der Waals surface area contributed by atoms with Crippen LogP contribution in [0.25, 0.3) is 0 Å². The Morgan fingerprint density at radius 3 is 3.07 bits per heavy atom. The summed E-state index contributed by atoms with van der Waals surface area (Å²) in [4.78, 5) is 4.19. The summed E-state index contributed by atoms with van der Waals surface area (Å²) in [6, 6.07) is 0.812. The molecule has 1 aromatic heterocycles. The number of nitrogens with one attached hydrogen (secondary N) is 1. The van der Waals surface area contributed by atoms with Gasteiger partial charge in [-0.1, -0.05) is 18.7 Å². The Kier molecular flexibility index (Phi) is 3.64. The van der Waals surface area contributed by atoms with Crippen LogP contribution in [0.5, 0.6) is 0 Å². The van der Waals surface area contributed by atoms with Gasteiger partial charge in [0.25, 0.3) is 0 Å². The summed E-state index contributed by atoms with van der Waals surface area (Å²) in [7, 11) is 1.93. The van der Waals surface area contributed by atoms with E-state index in [9.17, 15) is 0 Å². The molecule has 0 bridgehead atoms. The van der Waals surface area contributed by atoms with E-state index in [4.69, 9.17) is 0 Å². The van der Waals surface area contributed by atoms with Crippen molar-refractivity contribution in [3.63, 3.8) is 0 Å². The van der Waals surface area contributed by atoms with E-state index in [0.717, 1.165) is 23.5 Å². The summed E-state index contributed by atoms with van der Waals surface area (Å²) in [5, 5.41) is 8.60. The first kappa shape index (κ1) is 11.0. The summed E-state index contributed by atoms with van der Waals surface area (Å²) < 4.78 is 1.83. The molecule has 1 aliphatic carbocycles. The maximum atomic E-state index is 4.19. The highest BCUT2D eigenvalue weighted by Crippen LogP contribution is 2.20. The molecule has 4 nitrogen and oxygen atoms in total. The smallest absolute Gasteiger partial charge is 0.185 e. The van der Waals surface area contributed by atoms with Gasteiger partial charge in [0.05, 0.1) is 0 Å². The second-order valence-corrected chi connectivity index (χ2v) is 5.25.